The number of fused-ring (bicyclic) bond motifs is 1. The summed E-state index contributed by atoms with van der Waals surface area (Å²) in [5.41, 5.74) is 3.73. The first-order valence-electron chi connectivity index (χ1n) is 7.86. The van der Waals surface area contributed by atoms with E-state index in [1.807, 2.05) is 6.07 Å². The fraction of sp³-hybridized carbons (Fsp3) is 0.588. The Hall–Kier alpha value is -1.19. The minimum atomic E-state index is -0.00523. The van der Waals surface area contributed by atoms with Crippen LogP contribution in [0.3, 0.4) is 0 Å². The van der Waals surface area contributed by atoms with E-state index in [1.54, 1.807) is 0 Å². The molecule has 0 amide bonds. The van der Waals surface area contributed by atoms with Gasteiger partial charge in [0, 0.05) is 25.2 Å². The summed E-state index contributed by atoms with van der Waals surface area (Å²) >= 11 is 0. The highest BCUT2D eigenvalue weighted by Crippen LogP contribution is 2.23. The monoisotopic (exact) mass is 272 g/mol. The number of hydrogen-bond acceptors (Lipinski definition) is 3. The molecule has 0 aromatic heterocycles. The van der Waals surface area contributed by atoms with Crippen LogP contribution in [0.5, 0.6) is 0 Å². The van der Waals surface area contributed by atoms with Gasteiger partial charge in [-0.2, -0.15) is 0 Å². The van der Waals surface area contributed by atoms with Gasteiger partial charge in [-0.1, -0.05) is 12.1 Å². The highest BCUT2D eigenvalue weighted by Gasteiger charge is 2.24. The summed E-state index contributed by atoms with van der Waals surface area (Å²) in [7, 11) is 0. The summed E-state index contributed by atoms with van der Waals surface area (Å²) in [6, 6.07) is 6.32. The van der Waals surface area contributed by atoms with Gasteiger partial charge in [0.1, 0.15) is 0 Å². The van der Waals surface area contributed by atoms with Crippen LogP contribution in [0.4, 0.5) is 0 Å². The number of nitrogens with one attached hydrogen (secondary N) is 1. The lowest BCUT2D eigenvalue weighted by atomic mass is 9.99. The number of carbonyl (C=O) groups excluding carboxylic acids is 1. The van der Waals surface area contributed by atoms with E-state index in [4.69, 9.17) is 0 Å². The van der Waals surface area contributed by atoms with Gasteiger partial charge in [-0.3, -0.25) is 9.69 Å². The lowest BCUT2D eigenvalue weighted by molar-refractivity contribution is 0.0846. The Bertz CT molecular complexity index is 490. The number of benzene rings is 1. The van der Waals surface area contributed by atoms with Crippen LogP contribution in [0.15, 0.2) is 18.2 Å². The molecule has 0 saturated carbocycles. The molecule has 1 N–H and O–H groups in total. The predicted octanol–water partition coefficient (Wildman–Crippen LogP) is 2.04. The lowest BCUT2D eigenvalue weighted by Gasteiger charge is -2.26. The molecule has 0 radical (unpaired) electrons. The molecule has 1 aromatic rings. The average Bonchev–Trinajstić information content (AvgIpc) is 2.77. The van der Waals surface area contributed by atoms with Gasteiger partial charge in [0.2, 0.25) is 0 Å². The van der Waals surface area contributed by atoms with Gasteiger partial charge < -0.3 is 5.32 Å². The van der Waals surface area contributed by atoms with Crippen molar-refractivity contribution in [2.75, 3.05) is 26.2 Å². The molecule has 0 spiro atoms. The summed E-state index contributed by atoms with van der Waals surface area (Å²) in [5, 5.41) is 3.39. The molecule has 108 valence electrons. The summed E-state index contributed by atoms with van der Waals surface area (Å²) in [4.78, 5) is 15.0. The van der Waals surface area contributed by atoms with Crippen LogP contribution in [0.25, 0.3) is 0 Å². The second-order valence-corrected chi connectivity index (χ2v) is 6.02. The van der Waals surface area contributed by atoms with Crippen molar-refractivity contribution in [2.24, 2.45) is 0 Å². The van der Waals surface area contributed by atoms with Crippen LogP contribution in [-0.4, -0.2) is 42.9 Å². The van der Waals surface area contributed by atoms with Crippen LogP contribution < -0.4 is 5.32 Å². The molecule has 1 fully saturated rings. The van der Waals surface area contributed by atoms with Crippen molar-refractivity contribution < 1.29 is 4.79 Å². The summed E-state index contributed by atoms with van der Waals surface area (Å²) in [6.07, 6.45) is 4.68. The minimum Gasteiger partial charge on any atom is -0.315 e. The maximum atomic E-state index is 12.7. The number of hydrogen-bond donors (Lipinski definition) is 1. The van der Waals surface area contributed by atoms with Gasteiger partial charge in [-0.25, -0.2) is 0 Å². The second-order valence-electron chi connectivity index (χ2n) is 6.02. The summed E-state index contributed by atoms with van der Waals surface area (Å²) < 4.78 is 0. The molecule has 3 heteroatoms. The van der Waals surface area contributed by atoms with Crippen LogP contribution in [0.2, 0.25) is 0 Å². The normalized spacial score (nSPS) is 21.2. The largest absolute Gasteiger partial charge is 0.315 e. The topological polar surface area (TPSA) is 32.3 Å². The van der Waals surface area contributed by atoms with Gasteiger partial charge >= 0.3 is 0 Å². The Balaban J connectivity index is 1.74. The quantitative estimate of drug-likeness (QED) is 0.855. The number of Topliss-reactive ketones (excluding diaryl/α,β-unsaturated/α-hetero) is 1. The highest BCUT2D eigenvalue weighted by atomic mass is 16.1. The predicted molar refractivity (Wildman–Crippen MR) is 81.3 cm³/mol. The molecule has 1 aliphatic heterocycles. The molecule has 2 aliphatic rings. The van der Waals surface area contributed by atoms with Crippen molar-refractivity contribution in [1.82, 2.24) is 10.2 Å². The average molecular weight is 272 g/mol. The molecule has 3 nitrogen and oxygen atoms in total. The van der Waals surface area contributed by atoms with E-state index in [2.05, 4.69) is 29.3 Å². The van der Waals surface area contributed by atoms with Crippen molar-refractivity contribution in [3.05, 3.63) is 34.9 Å². The standard InChI is InChI=1S/C17H24N2O/c1-13(19-10-3-8-18-9-11-19)17(20)16-7-6-14-4-2-5-15(14)12-16/h6-7,12-13,18H,2-5,8-11H2,1H3. The third-order valence-electron chi connectivity index (χ3n) is 4.68. The lowest BCUT2D eigenvalue weighted by Crippen LogP contribution is -2.41. The number of carbonyl (C=O) groups is 1. The van der Waals surface area contributed by atoms with Gasteiger partial charge in [0.05, 0.1) is 6.04 Å². The molecule has 1 heterocycles. The Morgan fingerprint density at radius 3 is 2.90 bits per heavy atom. The highest BCUT2D eigenvalue weighted by molar-refractivity contribution is 6.00. The zero-order valence-electron chi connectivity index (χ0n) is 12.3. The molecule has 20 heavy (non-hydrogen) atoms. The Morgan fingerprint density at radius 2 is 2.00 bits per heavy atom. The van der Waals surface area contributed by atoms with Crippen molar-refractivity contribution in [1.29, 1.82) is 0 Å². The van der Waals surface area contributed by atoms with E-state index in [9.17, 15) is 4.79 Å². The van der Waals surface area contributed by atoms with Crippen LogP contribution in [0, 0.1) is 0 Å². The van der Waals surface area contributed by atoms with Gasteiger partial charge in [0.15, 0.2) is 5.78 Å². The van der Waals surface area contributed by atoms with E-state index in [0.29, 0.717) is 0 Å². The van der Waals surface area contributed by atoms with Crippen molar-refractivity contribution in [3.63, 3.8) is 0 Å². The molecule has 1 atom stereocenters. The van der Waals surface area contributed by atoms with Gasteiger partial charge in [0.25, 0.3) is 0 Å². The number of ketones is 1. The molecule has 1 aliphatic carbocycles. The van der Waals surface area contributed by atoms with Crippen molar-refractivity contribution in [3.8, 4) is 0 Å². The third kappa shape index (κ3) is 2.79. The SMILES string of the molecule is CC(C(=O)c1ccc2c(c1)CCC2)N1CCCNCC1. The van der Waals surface area contributed by atoms with Crippen LogP contribution >= 0.6 is 0 Å². The van der Waals surface area contributed by atoms with Crippen molar-refractivity contribution in [2.45, 2.75) is 38.6 Å². The zero-order valence-corrected chi connectivity index (χ0v) is 12.3. The molecular weight excluding hydrogens is 248 g/mol. The first kappa shape index (κ1) is 13.8. The number of rotatable bonds is 3. The molecule has 3 rings (SSSR count). The Kier molecular flexibility index (Phi) is 4.18. The maximum absolute atomic E-state index is 12.7. The smallest absolute Gasteiger partial charge is 0.179 e. The van der Waals surface area contributed by atoms with Crippen LogP contribution in [-0.2, 0) is 12.8 Å². The van der Waals surface area contributed by atoms with E-state index < -0.39 is 0 Å². The fourth-order valence-electron chi connectivity index (χ4n) is 3.39. The first-order chi connectivity index (χ1) is 9.75. The van der Waals surface area contributed by atoms with Crippen molar-refractivity contribution >= 4 is 5.78 Å². The molecular formula is C17H24N2O. The van der Waals surface area contributed by atoms with Gasteiger partial charge in [-0.15, -0.1) is 0 Å². The fourth-order valence-corrected chi connectivity index (χ4v) is 3.39. The molecule has 1 unspecified atom stereocenters. The zero-order chi connectivity index (χ0) is 13.9. The maximum Gasteiger partial charge on any atom is 0.179 e. The van der Waals surface area contributed by atoms with Gasteiger partial charge in [-0.05, 0) is 56.3 Å². The Labute approximate surface area is 121 Å². The number of aryl methyl sites for hydroxylation is 2. The Morgan fingerprint density at radius 1 is 1.15 bits per heavy atom. The van der Waals surface area contributed by atoms with E-state index in [0.717, 1.165) is 44.6 Å². The molecule has 0 bridgehead atoms. The second kappa shape index (κ2) is 6.06. The summed E-state index contributed by atoms with van der Waals surface area (Å²) in [5.74, 6) is 0.279. The van der Waals surface area contributed by atoms with E-state index in [-0.39, 0.29) is 11.8 Å². The van der Waals surface area contributed by atoms with E-state index >= 15 is 0 Å². The molecule has 1 saturated heterocycles. The van der Waals surface area contributed by atoms with E-state index in [1.165, 1.54) is 24.0 Å². The minimum absolute atomic E-state index is 0.00523. The number of nitrogens with zero attached hydrogens (tertiary/aromatic N) is 1. The summed E-state index contributed by atoms with van der Waals surface area (Å²) in [6.45, 7) is 6.10. The first-order valence-corrected chi connectivity index (χ1v) is 7.86. The third-order valence-corrected chi connectivity index (χ3v) is 4.68. The van der Waals surface area contributed by atoms with Crippen LogP contribution in [0.1, 0.15) is 41.3 Å². The molecule has 1 aromatic carbocycles.